The van der Waals surface area contributed by atoms with Crippen molar-refractivity contribution >= 4 is 0 Å². The molecule has 1 aromatic rings. The van der Waals surface area contributed by atoms with Crippen LogP contribution in [-0.4, -0.2) is 53.9 Å². The molecule has 0 amide bonds. The van der Waals surface area contributed by atoms with E-state index in [1.54, 1.807) is 6.20 Å². The number of aromatic nitrogens is 1. The molecule has 105 valence electrons. The van der Waals surface area contributed by atoms with Gasteiger partial charge in [-0.05, 0) is 37.9 Å². The largest absolute Gasteiger partial charge is 0.477 e. The number of likely N-dealkylation sites (tertiary alicyclic amines) is 1. The van der Waals surface area contributed by atoms with Crippen molar-refractivity contribution < 1.29 is 14.9 Å². The summed E-state index contributed by atoms with van der Waals surface area (Å²) in [4.78, 5) is 6.28. The van der Waals surface area contributed by atoms with E-state index >= 15 is 0 Å². The minimum absolute atomic E-state index is 0.414. The molecule has 19 heavy (non-hydrogen) atoms. The molecule has 2 heterocycles. The molecule has 0 saturated carbocycles. The van der Waals surface area contributed by atoms with E-state index in [1.165, 1.54) is 0 Å². The molecule has 0 aliphatic carbocycles. The van der Waals surface area contributed by atoms with Crippen molar-refractivity contribution in [1.29, 1.82) is 0 Å². The quantitative estimate of drug-likeness (QED) is 0.832. The van der Waals surface area contributed by atoms with Crippen LogP contribution in [0.5, 0.6) is 5.88 Å². The third kappa shape index (κ3) is 4.78. The van der Waals surface area contributed by atoms with Crippen molar-refractivity contribution in [2.24, 2.45) is 5.92 Å². The van der Waals surface area contributed by atoms with Gasteiger partial charge >= 0.3 is 0 Å². The van der Waals surface area contributed by atoms with E-state index in [1.807, 2.05) is 18.2 Å². The molecule has 1 fully saturated rings. The van der Waals surface area contributed by atoms with Gasteiger partial charge < -0.3 is 14.7 Å². The molecule has 1 aliphatic rings. The van der Waals surface area contributed by atoms with Crippen LogP contribution >= 0.6 is 0 Å². The summed E-state index contributed by atoms with van der Waals surface area (Å²) in [6.07, 6.45) is 3.07. The van der Waals surface area contributed by atoms with Gasteiger partial charge in [0.25, 0.3) is 0 Å². The van der Waals surface area contributed by atoms with Crippen molar-refractivity contribution in [3.63, 3.8) is 0 Å². The van der Waals surface area contributed by atoms with Gasteiger partial charge in [-0.3, -0.25) is 0 Å². The first-order valence-electron chi connectivity index (χ1n) is 6.80. The summed E-state index contributed by atoms with van der Waals surface area (Å²) in [5, 5.41) is 19.9. The molecule has 0 spiro atoms. The highest BCUT2D eigenvalue weighted by Gasteiger charge is 2.21. The van der Waals surface area contributed by atoms with Crippen LogP contribution in [0.1, 0.15) is 12.8 Å². The van der Waals surface area contributed by atoms with E-state index in [0.717, 1.165) is 25.9 Å². The summed E-state index contributed by atoms with van der Waals surface area (Å²) in [7, 11) is 0. The smallest absolute Gasteiger partial charge is 0.213 e. The van der Waals surface area contributed by atoms with Crippen LogP contribution in [0.3, 0.4) is 0 Å². The molecular formula is C14H21N2O3. The monoisotopic (exact) mass is 265 g/mol. The Morgan fingerprint density at radius 3 is 2.84 bits per heavy atom. The van der Waals surface area contributed by atoms with Gasteiger partial charge in [0.15, 0.2) is 0 Å². The molecule has 2 rings (SSSR count). The van der Waals surface area contributed by atoms with Crippen molar-refractivity contribution in [3.05, 3.63) is 24.4 Å². The van der Waals surface area contributed by atoms with Crippen molar-refractivity contribution in [2.45, 2.75) is 18.9 Å². The van der Waals surface area contributed by atoms with Gasteiger partial charge in [-0.25, -0.2) is 10.1 Å². The standard InChI is InChI=1S/C14H21N2O3/c17-10-13(18)9-16-7-4-12(5-8-16)11-19-14-3-1-2-6-15-14/h1-3,6,12-13,18H,4-5,7-11H2. The highest BCUT2D eigenvalue weighted by molar-refractivity contribution is 5.09. The number of nitrogens with zero attached hydrogens (tertiary/aromatic N) is 2. The highest BCUT2D eigenvalue weighted by Crippen LogP contribution is 2.18. The lowest BCUT2D eigenvalue weighted by atomic mass is 9.97. The van der Waals surface area contributed by atoms with Crippen LogP contribution in [-0.2, 0) is 5.11 Å². The minimum atomic E-state index is -0.735. The Kier molecular flexibility index (Phi) is 5.57. The Hall–Kier alpha value is -1.17. The first kappa shape index (κ1) is 14.2. The molecule has 0 bridgehead atoms. The zero-order chi connectivity index (χ0) is 13.5. The summed E-state index contributed by atoms with van der Waals surface area (Å²) in [6.45, 7) is 2.62. The number of rotatable bonds is 6. The van der Waals surface area contributed by atoms with E-state index in [4.69, 9.17) is 4.74 Å². The summed E-state index contributed by atoms with van der Waals surface area (Å²) in [6, 6.07) is 5.64. The molecule has 5 heteroatoms. The summed E-state index contributed by atoms with van der Waals surface area (Å²) < 4.78 is 5.65. The van der Waals surface area contributed by atoms with Crippen LogP contribution in [0.2, 0.25) is 0 Å². The Bertz CT molecular complexity index is 353. The number of pyridine rings is 1. The van der Waals surface area contributed by atoms with Crippen LogP contribution in [0.25, 0.3) is 0 Å². The Morgan fingerprint density at radius 1 is 1.42 bits per heavy atom. The third-order valence-electron chi connectivity index (χ3n) is 3.47. The van der Waals surface area contributed by atoms with Crippen molar-refractivity contribution in [1.82, 2.24) is 9.88 Å². The maximum Gasteiger partial charge on any atom is 0.213 e. The van der Waals surface area contributed by atoms with Gasteiger partial charge in [-0.15, -0.1) is 0 Å². The number of ether oxygens (including phenoxy) is 1. The second-order valence-electron chi connectivity index (χ2n) is 5.04. The number of piperidine rings is 1. The Labute approximate surface area is 113 Å². The second kappa shape index (κ2) is 7.43. The number of hydrogen-bond donors (Lipinski definition) is 1. The van der Waals surface area contributed by atoms with Gasteiger partial charge in [0.05, 0.1) is 12.7 Å². The molecule has 1 N–H and O–H groups in total. The van der Waals surface area contributed by atoms with Gasteiger partial charge in [0, 0.05) is 18.8 Å². The first-order chi connectivity index (χ1) is 9.28. The zero-order valence-corrected chi connectivity index (χ0v) is 11.1. The maximum absolute atomic E-state index is 10.5. The van der Waals surface area contributed by atoms with Gasteiger partial charge in [-0.1, -0.05) is 6.07 Å². The minimum Gasteiger partial charge on any atom is -0.477 e. The second-order valence-corrected chi connectivity index (χ2v) is 5.04. The molecule has 1 aliphatic heterocycles. The molecule has 1 atom stereocenters. The van der Waals surface area contributed by atoms with E-state index in [9.17, 15) is 10.2 Å². The average molecular weight is 265 g/mol. The Morgan fingerprint density at radius 2 is 2.21 bits per heavy atom. The van der Waals surface area contributed by atoms with Gasteiger partial charge in [0.2, 0.25) is 5.88 Å². The topological polar surface area (TPSA) is 65.5 Å². The van der Waals surface area contributed by atoms with E-state index < -0.39 is 12.7 Å². The molecular weight excluding hydrogens is 244 g/mol. The zero-order valence-electron chi connectivity index (χ0n) is 11.1. The lowest BCUT2D eigenvalue weighted by Crippen LogP contribution is -2.40. The fourth-order valence-electron chi connectivity index (χ4n) is 2.32. The van der Waals surface area contributed by atoms with Crippen LogP contribution in [0.15, 0.2) is 24.4 Å². The third-order valence-corrected chi connectivity index (χ3v) is 3.47. The highest BCUT2D eigenvalue weighted by atomic mass is 16.5. The summed E-state index contributed by atoms with van der Waals surface area (Å²) in [5.41, 5.74) is 0. The van der Waals surface area contributed by atoms with Crippen LogP contribution < -0.4 is 4.74 Å². The number of hydrogen-bond acceptors (Lipinski definition) is 4. The SMILES string of the molecule is [O]CC(O)CN1CCC(COc2ccccn2)CC1. The van der Waals surface area contributed by atoms with Crippen molar-refractivity contribution in [2.75, 3.05) is 32.8 Å². The first-order valence-corrected chi connectivity index (χ1v) is 6.80. The van der Waals surface area contributed by atoms with Crippen LogP contribution in [0, 0.1) is 5.92 Å². The number of aliphatic hydroxyl groups excluding tert-OH is 1. The van der Waals surface area contributed by atoms with Gasteiger partial charge in [0.1, 0.15) is 6.61 Å². The normalized spacial score (nSPS) is 19.3. The number of β-amino-alcohol motifs (C(OH)–C–C–N with tert-alkyl or cyclic N) is 1. The fraction of sp³-hybridized carbons (Fsp3) is 0.643. The molecule has 5 nitrogen and oxygen atoms in total. The van der Waals surface area contributed by atoms with E-state index in [2.05, 4.69) is 9.88 Å². The maximum atomic E-state index is 10.5. The average Bonchev–Trinajstić information content (AvgIpc) is 2.47. The lowest BCUT2D eigenvalue weighted by molar-refractivity contribution is 0.0196. The van der Waals surface area contributed by atoms with Gasteiger partial charge in [-0.2, -0.15) is 0 Å². The van der Waals surface area contributed by atoms with E-state index in [0.29, 0.717) is 24.9 Å². The predicted molar refractivity (Wildman–Crippen MR) is 70.5 cm³/mol. The molecule has 1 saturated heterocycles. The summed E-state index contributed by atoms with van der Waals surface area (Å²) >= 11 is 0. The molecule has 1 aromatic heterocycles. The molecule has 0 aromatic carbocycles. The Balaban J connectivity index is 1.66. The predicted octanol–water partition coefficient (Wildman–Crippen LogP) is 0.964. The lowest BCUT2D eigenvalue weighted by Gasteiger charge is -2.32. The molecule has 1 radical (unpaired) electrons. The summed E-state index contributed by atoms with van der Waals surface area (Å²) in [5.74, 6) is 1.20. The van der Waals surface area contributed by atoms with Crippen molar-refractivity contribution in [3.8, 4) is 5.88 Å². The fourth-order valence-corrected chi connectivity index (χ4v) is 2.32. The van der Waals surface area contributed by atoms with E-state index in [-0.39, 0.29) is 0 Å². The van der Waals surface area contributed by atoms with Crippen LogP contribution in [0.4, 0.5) is 0 Å². The molecule has 1 unspecified atom stereocenters. The number of aliphatic hydroxyl groups is 1.